The molecule has 1 aromatic rings. The summed E-state index contributed by atoms with van der Waals surface area (Å²) in [7, 11) is 0. The molecule has 2 N–H and O–H groups in total. The van der Waals surface area contributed by atoms with E-state index in [-0.39, 0.29) is 0 Å². The Hall–Kier alpha value is -1.22. The number of aliphatic imine (C=N–C) groups is 1. The molecular formula is C8H5ClN2OS. The van der Waals surface area contributed by atoms with Gasteiger partial charge in [0.2, 0.25) is 5.91 Å². The van der Waals surface area contributed by atoms with Crippen molar-refractivity contribution in [2.45, 2.75) is 0 Å². The van der Waals surface area contributed by atoms with Crippen molar-refractivity contribution in [3.63, 3.8) is 0 Å². The minimum Gasteiger partial charge on any atom is -0.366 e. The first-order valence-corrected chi connectivity index (χ1v) is 4.11. The molecule has 0 atom stereocenters. The van der Waals surface area contributed by atoms with Crippen LogP contribution in [0, 0.1) is 0 Å². The van der Waals surface area contributed by atoms with Crippen molar-refractivity contribution in [2.75, 3.05) is 0 Å². The normalized spacial score (nSPS) is 9.00. The van der Waals surface area contributed by atoms with Crippen molar-refractivity contribution >= 4 is 40.6 Å². The van der Waals surface area contributed by atoms with Crippen molar-refractivity contribution in [3.05, 3.63) is 28.8 Å². The second kappa shape index (κ2) is 4.14. The van der Waals surface area contributed by atoms with Gasteiger partial charge in [-0.2, -0.15) is 4.99 Å². The second-order valence-electron chi connectivity index (χ2n) is 2.23. The average molecular weight is 213 g/mol. The fraction of sp³-hybridized carbons (Fsp3) is 0. The highest BCUT2D eigenvalue weighted by molar-refractivity contribution is 7.78. The predicted molar refractivity (Wildman–Crippen MR) is 54.7 cm³/mol. The molecule has 1 amide bonds. The van der Waals surface area contributed by atoms with Crippen LogP contribution in [0.1, 0.15) is 10.4 Å². The fourth-order valence-electron chi connectivity index (χ4n) is 0.800. The first kappa shape index (κ1) is 9.86. The van der Waals surface area contributed by atoms with Gasteiger partial charge in [-0.15, -0.1) is 0 Å². The van der Waals surface area contributed by atoms with Crippen LogP contribution in [0.5, 0.6) is 0 Å². The lowest BCUT2D eigenvalue weighted by molar-refractivity contribution is 0.100. The van der Waals surface area contributed by atoms with E-state index in [0.717, 1.165) is 0 Å². The number of rotatable bonds is 2. The van der Waals surface area contributed by atoms with E-state index in [1.165, 1.54) is 12.1 Å². The van der Waals surface area contributed by atoms with E-state index in [4.69, 9.17) is 17.3 Å². The van der Waals surface area contributed by atoms with Gasteiger partial charge in [0, 0.05) is 5.56 Å². The third-order valence-electron chi connectivity index (χ3n) is 1.40. The maximum Gasteiger partial charge on any atom is 0.248 e. The number of isothiocyanates is 1. The average Bonchev–Trinajstić information content (AvgIpc) is 2.08. The Labute approximate surface area is 85.2 Å². The first-order valence-electron chi connectivity index (χ1n) is 3.32. The van der Waals surface area contributed by atoms with Crippen molar-refractivity contribution in [1.82, 2.24) is 0 Å². The molecule has 5 heteroatoms. The Bertz CT molecular complexity index is 399. The fourth-order valence-corrected chi connectivity index (χ4v) is 1.12. The number of hydrogen-bond donors (Lipinski definition) is 1. The van der Waals surface area contributed by atoms with Gasteiger partial charge in [-0.05, 0) is 30.4 Å². The van der Waals surface area contributed by atoms with Crippen LogP contribution in [0.2, 0.25) is 5.02 Å². The third kappa shape index (κ3) is 2.36. The van der Waals surface area contributed by atoms with E-state index in [2.05, 4.69) is 22.4 Å². The zero-order valence-electron chi connectivity index (χ0n) is 6.45. The Kier molecular flexibility index (Phi) is 3.14. The number of halogens is 1. The molecule has 3 nitrogen and oxygen atoms in total. The van der Waals surface area contributed by atoms with Gasteiger partial charge >= 0.3 is 0 Å². The maximum atomic E-state index is 10.7. The lowest BCUT2D eigenvalue weighted by Crippen LogP contribution is -2.10. The van der Waals surface area contributed by atoms with Crippen LogP contribution >= 0.6 is 23.8 Å². The Morgan fingerprint density at radius 3 is 2.77 bits per heavy atom. The molecule has 1 rings (SSSR count). The number of carbonyl (C=O) groups is 1. The van der Waals surface area contributed by atoms with Gasteiger partial charge in [0.1, 0.15) is 0 Å². The van der Waals surface area contributed by atoms with Crippen molar-refractivity contribution < 1.29 is 4.79 Å². The van der Waals surface area contributed by atoms with Gasteiger partial charge in [0.15, 0.2) is 0 Å². The summed E-state index contributed by atoms with van der Waals surface area (Å²) in [5, 5.41) is 2.51. The standard InChI is InChI=1S/C8H5ClN2OS/c9-6-3-5(8(10)12)1-2-7(6)11-4-13/h1-3H,(H2,10,12). The summed E-state index contributed by atoms with van der Waals surface area (Å²) < 4.78 is 0. The first-order chi connectivity index (χ1) is 6.15. The van der Waals surface area contributed by atoms with E-state index in [9.17, 15) is 4.79 Å². The molecule has 0 bridgehead atoms. The summed E-state index contributed by atoms with van der Waals surface area (Å²) in [6.45, 7) is 0. The van der Waals surface area contributed by atoms with Crippen LogP contribution in [0.15, 0.2) is 23.2 Å². The molecule has 13 heavy (non-hydrogen) atoms. The SMILES string of the molecule is NC(=O)c1ccc(N=C=S)c(Cl)c1. The molecule has 0 aliphatic rings. The van der Waals surface area contributed by atoms with Crippen LogP contribution < -0.4 is 5.73 Å². The van der Waals surface area contributed by atoms with Crippen molar-refractivity contribution in [3.8, 4) is 0 Å². The van der Waals surface area contributed by atoms with E-state index < -0.39 is 5.91 Å². The monoisotopic (exact) mass is 212 g/mol. The number of amides is 1. The van der Waals surface area contributed by atoms with E-state index in [0.29, 0.717) is 16.3 Å². The largest absolute Gasteiger partial charge is 0.366 e. The smallest absolute Gasteiger partial charge is 0.248 e. The Morgan fingerprint density at radius 1 is 1.62 bits per heavy atom. The lowest BCUT2D eigenvalue weighted by atomic mass is 10.2. The second-order valence-corrected chi connectivity index (χ2v) is 2.82. The molecule has 0 aliphatic carbocycles. The number of nitrogens with two attached hydrogens (primary N) is 1. The molecule has 0 aliphatic heterocycles. The van der Waals surface area contributed by atoms with Crippen LogP contribution in [-0.4, -0.2) is 11.1 Å². The van der Waals surface area contributed by atoms with Crippen molar-refractivity contribution in [1.29, 1.82) is 0 Å². The minimum absolute atomic E-state index is 0.327. The third-order valence-corrected chi connectivity index (χ3v) is 1.79. The van der Waals surface area contributed by atoms with Gasteiger partial charge < -0.3 is 5.73 Å². The molecule has 0 unspecified atom stereocenters. The molecule has 1 aromatic carbocycles. The van der Waals surface area contributed by atoms with Crippen LogP contribution in [0.4, 0.5) is 5.69 Å². The molecule has 0 spiro atoms. The minimum atomic E-state index is -0.528. The van der Waals surface area contributed by atoms with E-state index >= 15 is 0 Å². The summed E-state index contributed by atoms with van der Waals surface area (Å²) >= 11 is 10.2. The number of thiocarbonyl (C=S) groups is 1. The van der Waals surface area contributed by atoms with Crippen LogP contribution in [-0.2, 0) is 0 Å². The van der Waals surface area contributed by atoms with Gasteiger partial charge in [-0.25, -0.2) is 0 Å². The zero-order chi connectivity index (χ0) is 9.84. The Morgan fingerprint density at radius 2 is 2.31 bits per heavy atom. The molecule has 0 saturated heterocycles. The van der Waals surface area contributed by atoms with Crippen LogP contribution in [0.3, 0.4) is 0 Å². The molecule has 0 heterocycles. The zero-order valence-corrected chi connectivity index (χ0v) is 8.02. The van der Waals surface area contributed by atoms with Gasteiger partial charge in [0.05, 0.1) is 15.9 Å². The van der Waals surface area contributed by atoms with Gasteiger partial charge in [-0.1, -0.05) is 11.6 Å². The molecule has 0 saturated carbocycles. The molecule has 0 fully saturated rings. The maximum absolute atomic E-state index is 10.7. The summed E-state index contributed by atoms with van der Waals surface area (Å²) in [6, 6.07) is 4.52. The number of hydrogen-bond acceptors (Lipinski definition) is 3. The number of benzene rings is 1. The summed E-state index contributed by atoms with van der Waals surface area (Å²) in [6.07, 6.45) is 0. The highest BCUT2D eigenvalue weighted by atomic mass is 35.5. The summed E-state index contributed by atoms with van der Waals surface area (Å²) in [5.41, 5.74) is 5.86. The molecule has 0 aromatic heterocycles. The lowest BCUT2D eigenvalue weighted by Gasteiger charge is -1.98. The van der Waals surface area contributed by atoms with E-state index in [1.807, 2.05) is 0 Å². The highest BCUT2D eigenvalue weighted by Gasteiger charge is 2.03. The number of nitrogens with zero attached hydrogens (tertiary/aromatic N) is 1. The topological polar surface area (TPSA) is 55.5 Å². The number of carbonyl (C=O) groups excluding carboxylic acids is 1. The van der Waals surface area contributed by atoms with E-state index in [1.54, 1.807) is 6.07 Å². The summed E-state index contributed by atoms with van der Waals surface area (Å²) in [5.74, 6) is -0.528. The quantitative estimate of drug-likeness (QED) is 0.604. The highest BCUT2D eigenvalue weighted by Crippen LogP contribution is 2.24. The molecular weight excluding hydrogens is 208 g/mol. The Balaban J connectivity index is 3.19. The van der Waals surface area contributed by atoms with Crippen molar-refractivity contribution in [2.24, 2.45) is 10.7 Å². The molecule has 0 radical (unpaired) electrons. The predicted octanol–water partition coefficient (Wildman–Crippen LogP) is 2.17. The van der Waals surface area contributed by atoms with Gasteiger partial charge in [0.25, 0.3) is 0 Å². The summed E-state index contributed by atoms with van der Waals surface area (Å²) in [4.78, 5) is 14.4. The van der Waals surface area contributed by atoms with Crippen LogP contribution in [0.25, 0.3) is 0 Å². The molecule has 66 valence electrons. The van der Waals surface area contributed by atoms with Gasteiger partial charge in [-0.3, -0.25) is 4.79 Å². The number of primary amides is 1.